The predicted octanol–water partition coefficient (Wildman–Crippen LogP) is 3.72. The Balaban J connectivity index is 1.39. The van der Waals surface area contributed by atoms with E-state index >= 15 is 0 Å². The number of morpholine rings is 1. The van der Waals surface area contributed by atoms with E-state index in [1.165, 1.54) is 0 Å². The summed E-state index contributed by atoms with van der Waals surface area (Å²) >= 11 is 0. The van der Waals surface area contributed by atoms with Crippen molar-refractivity contribution >= 4 is 28.2 Å². The van der Waals surface area contributed by atoms with Crippen molar-refractivity contribution in [2.45, 2.75) is 25.9 Å². The van der Waals surface area contributed by atoms with Crippen LogP contribution in [0, 0.1) is 13.3 Å². The lowest BCUT2D eigenvalue weighted by Gasteiger charge is -2.27. The number of aromatic nitrogens is 2. The third-order valence-corrected chi connectivity index (χ3v) is 8.19. The van der Waals surface area contributed by atoms with Gasteiger partial charge in [0.15, 0.2) is 0 Å². The Kier molecular flexibility index (Phi) is 6.73. The number of anilines is 1. The van der Waals surface area contributed by atoms with Gasteiger partial charge in [0.1, 0.15) is 5.82 Å². The molecule has 3 aliphatic rings. The van der Waals surface area contributed by atoms with Gasteiger partial charge < -0.3 is 9.64 Å². The van der Waals surface area contributed by atoms with Crippen LogP contribution in [0.5, 0.6) is 0 Å². The third kappa shape index (κ3) is 4.67. The lowest BCUT2D eigenvalue weighted by Crippen LogP contribution is -2.40. The van der Waals surface area contributed by atoms with Crippen LogP contribution in [0.2, 0.25) is 0 Å². The summed E-state index contributed by atoms with van der Waals surface area (Å²) in [6, 6.07) is 21.6. The highest BCUT2D eigenvalue weighted by atomic mass is 16.5. The Hall–Kier alpha value is -4.14. The van der Waals surface area contributed by atoms with Gasteiger partial charge in [-0.05, 0) is 43.5 Å². The molecule has 0 aliphatic carbocycles. The standard InChI is InChI=1S/C33H32N5O3/c1-22-20-24-13-15-37-30(24)26(21-22)29(23-8-3-2-4-9-23)35-31(33(37)40)38-28(12-7-14-36-16-18-41-19-17-36)34-27-11-6-5-10-25(27)32(38)39/h2-11,20-21,31H,12-19H2,1H3. The quantitative estimate of drug-likeness (QED) is 0.368. The lowest BCUT2D eigenvalue weighted by molar-refractivity contribution is -0.121. The largest absolute Gasteiger partial charge is 0.379 e. The fourth-order valence-electron chi connectivity index (χ4n) is 6.24. The van der Waals surface area contributed by atoms with Crippen LogP contribution in [0.3, 0.4) is 0 Å². The number of nitrogens with zero attached hydrogens (tertiary/aromatic N) is 5. The molecule has 0 bridgehead atoms. The first kappa shape index (κ1) is 25.8. The summed E-state index contributed by atoms with van der Waals surface area (Å²) in [6.45, 7) is 6.57. The smallest absolute Gasteiger partial charge is 0.272 e. The van der Waals surface area contributed by atoms with E-state index in [1.54, 1.807) is 10.6 Å². The molecule has 1 aromatic heterocycles. The number of benzene rings is 3. The van der Waals surface area contributed by atoms with Crippen LogP contribution in [0.4, 0.5) is 5.69 Å². The molecule has 4 heterocycles. The van der Waals surface area contributed by atoms with E-state index in [0.717, 1.165) is 72.9 Å². The van der Waals surface area contributed by atoms with E-state index in [-0.39, 0.29) is 11.5 Å². The van der Waals surface area contributed by atoms with Crippen LogP contribution in [0.1, 0.15) is 34.2 Å². The summed E-state index contributed by atoms with van der Waals surface area (Å²) in [7, 11) is 0. The van der Waals surface area contributed by atoms with Gasteiger partial charge in [0.05, 0.1) is 35.5 Å². The first-order chi connectivity index (χ1) is 20.1. The Morgan fingerprint density at radius 1 is 0.976 bits per heavy atom. The van der Waals surface area contributed by atoms with E-state index < -0.39 is 6.17 Å². The molecule has 3 aliphatic heterocycles. The van der Waals surface area contributed by atoms with Gasteiger partial charge in [-0.2, -0.15) is 0 Å². The number of hydrogen-bond donors (Lipinski definition) is 0. The molecule has 1 fully saturated rings. The number of fused-ring (bicyclic) bond motifs is 1. The predicted molar refractivity (Wildman–Crippen MR) is 160 cm³/mol. The summed E-state index contributed by atoms with van der Waals surface area (Å²) in [4.78, 5) is 42.8. The van der Waals surface area contributed by atoms with Crippen molar-refractivity contribution in [1.82, 2.24) is 14.5 Å². The van der Waals surface area contributed by atoms with Gasteiger partial charge in [0.2, 0.25) is 6.17 Å². The van der Waals surface area contributed by atoms with Crippen molar-refractivity contribution < 1.29 is 9.53 Å². The molecule has 1 unspecified atom stereocenters. The Morgan fingerprint density at radius 2 is 1.76 bits per heavy atom. The van der Waals surface area contributed by atoms with E-state index in [1.807, 2.05) is 53.4 Å². The fraction of sp³-hybridized carbons (Fsp3) is 0.303. The number of hydrogen-bond acceptors (Lipinski definition) is 6. The number of aliphatic imine (C=N–C) groups is 1. The first-order valence-electron chi connectivity index (χ1n) is 14.3. The van der Waals surface area contributed by atoms with Crippen molar-refractivity contribution in [3.8, 4) is 0 Å². The number of rotatable bonds is 6. The highest BCUT2D eigenvalue weighted by Crippen LogP contribution is 2.39. The average Bonchev–Trinajstić information content (AvgIpc) is 3.38. The van der Waals surface area contributed by atoms with Crippen molar-refractivity contribution in [1.29, 1.82) is 0 Å². The Bertz CT molecular complexity index is 1720. The molecule has 0 saturated carbocycles. The summed E-state index contributed by atoms with van der Waals surface area (Å²) in [5.74, 6) is 0.339. The maximum absolute atomic E-state index is 14.4. The molecular weight excluding hydrogens is 514 g/mol. The molecule has 8 nitrogen and oxygen atoms in total. The van der Waals surface area contributed by atoms with Crippen LogP contribution in [0.25, 0.3) is 10.9 Å². The molecule has 1 saturated heterocycles. The number of amides is 1. The average molecular weight is 547 g/mol. The molecule has 0 N–H and O–H groups in total. The second-order valence-electron chi connectivity index (χ2n) is 10.9. The van der Waals surface area contributed by atoms with Crippen LogP contribution in [0.15, 0.2) is 76.5 Å². The van der Waals surface area contributed by atoms with Gasteiger partial charge in [0, 0.05) is 43.7 Å². The minimum absolute atomic E-state index is 0.201. The molecule has 41 heavy (non-hydrogen) atoms. The molecule has 1 radical (unpaired) electrons. The Labute approximate surface area is 238 Å². The van der Waals surface area contributed by atoms with E-state index in [9.17, 15) is 9.59 Å². The minimum atomic E-state index is -1.07. The highest BCUT2D eigenvalue weighted by Gasteiger charge is 2.39. The zero-order chi connectivity index (χ0) is 27.9. The summed E-state index contributed by atoms with van der Waals surface area (Å²) in [5, 5.41) is 0.480. The molecule has 7 rings (SSSR count). The maximum Gasteiger partial charge on any atom is 0.272 e. The molecule has 8 heteroatoms. The monoisotopic (exact) mass is 546 g/mol. The van der Waals surface area contributed by atoms with Crippen molar-refractivity contribution in [3.05, 3.63) is 112 Å². The Morgan fingerprint density at radius 3 is 2.59 bits per heavy atom. The molecule has 3 aromatic carbocycles. The summed E-state index contributed by atoms with van der Waals surface area (Å²) < 4.78 is 7.03. The van der Waals surface area contributed by atoms with Crippen molar-refractivity contribution in [3.63, 3.8) is 0 Å². The fourth-order valence-corrected chi connectivity index (χ4v) is 6.24. The van der Waals surface area contributed by atoms with Gasteiger partial charge in [-0.3, -0.25) is 19.1 Å². The summed E-state index contributed by atoms with van der Waals surface area (Å²) in [6.07, 6.45) is 2.28. The topological polar surface area (TPSA) is 80.0 Å². The van der Waals surface area contributed by atoms with Crippen LogP contribution < -0.4 is 10.5 Å². The lowest BCUT2D eigenvalue weighted by atomic mass is 9.96. The van der Waals surface area contributed by atoms with Crippen LogP contribution >= 0.6 is 0 Å². The van der Waals surface area contributed by atoms with Gasteiger partial charge in [-0.1, -0.05) is 54.1 Å². The van der Waals surface area contributed by atoms with Crippen LogP contribution in [-0.2, 0) is 22.4 Å². The van der Waals surface area contributed by atoms with Gasteiger partial charge in [-0.15, -0.1) is 0 Å². The zero-order valence-electron chi connectivity index (χ0n) is 23.1. The van der Waals surface area contributed by atoms with Gasteiger partial charge in [-0.25, -0.2) is 9.98 Å². The van der Waals surface area contributed by atoms with E-state index in [4.69, 9.17) is 14.7 Å². The molecule has 4 aromatic rings. The number of ether oxygens (including phenoxy) is 1. The maximum atomic E-state index is 14.4. The number of carbonyl (C=O) groups excluding carboxylic acids is 1. The van der Waals surface area contributed by atoms with Crippen molar-refractivity contribution in [2.75, 3.05) is 44.3 Å². The van der Waals surface area contributed by atoms with Gasteiger partial charge >= 0.3 is 0 Å². The van der Waals surface area contributed by atoms with E-state index in [0.29, 0.717) is 29.7 Å². The SMILES string of the molecule is Cc1cc2c3c(c1)C(c1ccccc1)=NC(n1c(C[CH]CN4CCOCC4)nc4ccccc4c1=O)C(=O)N3CC2. The number of para-hydroxylation sites is 1. The molecule has 1 amide bonds. The second-order valence-corrected chi connectivity index (χ2v) is 10.9. The normalized spacial score (nSPS) is 18.9. The number of aryl methyl sites for hydroxylation is 1. The molecular formula is C33H32N5O3. The van der Waals surface area contributed by atoms with E-state index in [2.05, 4.69) is 30.4 Å². The third-order valence-electron chi connectivity index (χ3n) is 8.19. The first-order valence-corrected chi connectivity index (χ1v) is 14.3. The molecule has 1 atom stereocenters. The second kappa shape index (κ2) is 10.7. The minimum Gasteiger partial charge on any atom is -0.379 e. The molecule has 207 valence electrons. The van der Waals surface area contributed by atoms with Crippen molar-refractivity contribution in [2.24, 2.45) is 4.99 Å². The number of carbonyl (C=O) groups is 1. The van der Waals surface area contributed by atoms with Gasteiger partial charge in [0.25, 0.3) is 11.5 Å². The summed E-state index contributed by atoms with van der Waals surface area (Å²) in [5.41, 5.74) is 6.11. The zero-order valence-corrected chi connectivity index (χ0v) is 23.1. The highest BCUT2D eigenvalue weighted by molar-refractivity contribution is 6.20. The van der Waals surface area contributed by atoms with Crippen LogP contribution in [-0.4, -0.2) is 65.5 Å². The molecule has 0 spiro atoms.